The van der Waals surface area contributed by atoms with E-state index in [0.717, 1.165) is 18.6 Å². The van der Waals surface area contributed by atoms with Gasteiger partial charge in [-0.1, -0.05) is 48.0 Å². The van der Waals surface area contributed by atoms with Gasteiger partial charge in [0.25, 0.3) is 0 Å². The first-order valence-electron chi connectivity index (χ1n) is 7.99. The summed E-state index contributed by atoms with van der Waals surface area (Å²) in [6.45, 7) is 3.90. The standard InChI is InChI=1S/C19H24N2O2/c1-16-7-5-8-17(15-16)11-13-21-19(22)20-12-6-14-23-18-9-3-2-4-10-18/h2-5,7-10,15H,6,11-14H2,1H3,(H2,20,21,22). The van der Waals surface area contributed by atoms with E-state index in [1.807, 2.05) is 36.4 Å². The van der Waals surface area contributed by atoms with E-state index in [2.05, 4.69) is 35.8 Å². The van der Waals surface area contributed by atoms with Crippen LogP contribution in [0.3, 0.4) is 0 Å². The Balaban J connectivity index is 1.52. The third-order valence-electron chi connectivity index (χ3n) is 3.40. The number of carbonyl (C=O) groups is 1. The smallest absolute Gasteiger partial charge is 0.314 e. The Kier molecular flexibility index (Phi) is 6.98. The van der Waals surface area contributed by atoms with Crippen LogP contribution in [0.4, 0.5) is 4.79 Å². The first-order chi connectivity index (χ1) is 11.2. The molecule has 2 aromatic carbocycles. The number of amides is 2. The van der Waals surface area contributed by atoms with Gasteiger partial charge in [0.05, 0.1) is 6.61 Å². The zero-order chi connectivity index (χ0) is 16.3. The van der Waals surface area contributed by atoms with Crippen molar-refractivity contribution in [2.75, 3.05) is 19.7 Å². The third-order valence-corrected chi connectivity index (χ3v) is 3.40. The lowest BCUT2D eigenvalue weighted by atomic mass is 10.1. The largest absolute Gasteiger partial charge is 0.494 e. The lowest BCUT2D eigenvalue weighted by Gasteiger charge is -2.09. The number of ether oxygens (including phenoxy) is 1. The number of carbonyl (C=O) groups excluding carboxylic acids is 1. The van der Waals surface area contributed by atoms with E-state index in [0.29, 0.717) is 19.7 Å². The van der Waals surface area contributed by atoms with Crippen molar-refractivity contribution >= 4 is 6.03 Å². The van der Waals surface area contributed by atoms with Gasteiger partial charge in [0.2, 0.25) is 0 Å². The summed E-state index contributed by atoms with van der Waals surface area (Å²) in [5.74, 6) is 0.857. The van der Waals surface area contributed by atoms with Gasteiger partial charge in [-0.3, -0.25) is 0 Å². The highest BCUT2D eigenvalue weighted by Gasteiger charge is 2.00. The molecule has 0 aliphatic carbocycles. The van der Waals surface area contributed by atoms with Crippen molar-refractivity contribution in [1.82, 2.24) is 10.6 Å². The lowest BCUT2D eigenvalue weighted by molar-refractivity contribution is 0.239. The van der Waals surface area contributed by atoms with Gasteiger partial charge in [-0.15, -0.1) is 0 Å². The molecule has 0 aliphatic heterocycles. The van der Waals surface area contributed by atoms with Crippen molar-refractivity contribution in [2.45, 2.75) is 19.8 Å². The summed E-state index contributed by atoms with van der Waals surface area (Å²) in [7, 11) is 0. The van der Waals surface area contributed by atoms with Crippen LogP contribution in [0, 0.1) is 6.92 Å². The fourth-order valence-electron chi connectivity index (χ4n) is 2.23. The Morgan fingerprint density at radius 3 is 2.57 bits per heavy atom. The van der Waals surface area contributed by atoms with Crippen LogP contribution in [0.1, 0.15) is 17.5 Å². The predicted molar refractivity (Wildman–Crippen MR) is 92.8 cm³/mol. The lowest BCUT2D eigenvalue weighted by Crippen LogP contribution is -2.37. The van der Waals surface area contributed by atoms with E-state index in [1.165, 1.54) is 11.1 Å². The van der Waals surface area contributed by atoms with Gasteiger partial charge in [0.1, 0.15) is 5.75 Å². The maximum Gasteiger partial charge on any atom is 0.314 e. The quantitative estimate of drug-likeness (QED) is 0.735. The highest BCUT2D eigenvalue weighted by Crippen LogP contribution is 2.08. The molecule has 0 fully saturated rings. The van der Waals surface area contributed by atoms with Crippen LogP contribution in [0.25, 0.3) is 0 Å². The number of urea groups is 1. The Morgan fingerprint density at radius 2 is 1.78 bits per heavy atom. The van der Waals surface area contributed by atoms with Gasteiger partial charge in [-0.25, -0.2) is 4.79 Å². The summed E-state index contributed by atoms with van der Waals surface area (Å²) in [5, 5.41) is 5.70. The molecule has 2 rings (SSSR count). The van der Waals surface area contributed by atoms with Gasteiger partial charge in [0.15, 0.2) is 0 Å². The molecule has 0 spiro atoms. The monoisotopic (exact) mass is 312 g/mol. The van der Waals surface area contributed by atoms with Gasteiger partial charge in [0, 0.05) is 13.1 Å². The number of nitrogens with one attached hydrogen (secondary N) is 2. The highest BCUT2D eigenvalue weighted by atomic mass is 16.5. The molecule has 4 nitrogen and oxygen atoms in total. The number of hydrogen-bond acceptors (Lipinski definition) is 2. The minimum Gasteiger partial charge on any atom is -0.494 e. The molecular formula is C19H24N2O2. The summed E-state index contributed by atoms with van der Waals surface area (Å²) < 4.78 is 5.57. The second kappa shape index (κ2) is 9.51. The van der Waals surface area contributed by atoms with E-state index >= 15 is 0 Å². The first-order valence-corrected chi connectivity index (χ1v) is 7.99. The van der Waals surface area contributed by atoms with Crippen molar-refractivity contribution in [3.63, 3.8) is 0 Å². The van der Waals surface area contributed by atoms with E-state index < -0.39 is 0 Å². The van der Waals surface area contributed by atoms with Crippen LogP contribution in [-0.2, 0) is 6.42 Å². The van der Waals surface area contributed by atoms with Crippen LogP contribution in [0.5, 0.6) is 5.75 Å². The SMILES string of the molecule is Cc1cccc(CCNC(=O)NCCCOc2ccccc2)c1. The maximum atomic E-state index is 11.7. The molecule has 0 unspecified atom stereocenters. The van der Waals surface area contributed by atoms with Crippen LogP contribution in [-0.4, -0.2) is 25.7 Å². The third kappa shape index (κ3) is 6.87. The number of rotatable bonds is 8. The second-order valence-corrected chi connectivity index (χ2v) is 5.44. The fourth-order valence-corrected chi connectivity index (χ4v) is 2.23. The Hall–Kier alpha value is -2.49. The van der Waals surface area contributed by atoms with Gasteiger partial charge in [-0.2, -0.15) is 0 Å². The Bertz CT molecular complexity index is 599. The molecule has 0 aromatic heterocycles. The number of para-hydroxylation sites is 1. The Morgan fingerprint density at radius 1 is 1.00 bits per heavy atom. The molecule has 0 heterocycles. The van der Waals surface area contributed by atoms with E-state index in [9.17, 15) is 4.79 Å². The predicted octanol–water partition coefficient (Wildman–Crippen LogP) is 3.31. The van der Waals surface area contributed by atoms with E-state index in [1.54, 1.807) is 0 Å². The molecule has 0 saturated heterocycles. The summed E-state index contributed by atoms with van der Waals surface area (Å²) in [5.41, 5.74) is 2.48. The Labute approximate surface area is 137 Å². The molecule has 0 atom stereocenters. The zero-order valence-electron chi connectivity index (χ0n) is 13.5. The van der Waals surface area contributed by atoms with Gasteiger partial charge >= 0.3 is 6.03 Å². The summed E-state index contributed by atoms with van der Waals surface area (Å²) in [6.07, 6.45) is 1.62. The average molecular weight is 312 g/mol. The van der Waals surface area contributed by atoms with Crippen molar-refractivity contribution < 1.29 is 9.53 Å². The van der Waals surface area contributed by atoms with E-state index in [4.69, 9.17) is 4.74 Å². The summed E-state index contributed by atoms with van der Waals surface area (Å²) in [6, 6.07) is 17.9. The molecule has 2 amide bonds. The molecule has 23 heavy (non-hydrogen) atoms. The first kappa shape index (κ1) is 16.9. The second-order valence-electron chi connectivity index (χ2n) is 5.44. The molecule has 0 aliphatic rings. The van der Waals surface area contributed by atoms with Crippen LogP contribution in [0.2, 0.25) is 0 Å². The van der Waals surface area contributed by atoms with Crippen molar-refractivity contribution in [2.24, 2.45) is 0 Å². The molecule has 0 radical (unpaired) electrons. The number of aryl methyl sites for hydroxylation is 1. The minimum atomic E-state index is -0.127. The van der Waals surface area contributed by atoms with Gasteiger partial charge in [-0.05, 0) is 37.5 Å². The van der Waals surface area contributed by atoms with Crippen LogP contribution >= 0.6 is 0 Å². The molecule has 2 aromatic rings. The molecule has 0 saturated carbocycles. The summed E-state index contributed by atoms with van der Waals surface area (Å²) in [4.78, 5) is 11.7. The normalized spacial score (nSPS) is 10.1. The molecule has 122 valence electrons. The zero-order valence-corrected chi connectivity index (χ0v) is 13.5. The van der Waals surface area contributed by atoms with E-state index in [-0.39, 0.29) is 6.03 Å². The molecule has 2 N–H and O–H groups in total. The minimum absolute atomic E-state index is 0.127. The topological polar surface area (TPSA) is 50.4 Å². The van der Waals surface area contributed by atoms with Crippen molar-refractivity contribution in [1.29, 1.82) is 0 Å². The number of hydrogen-bond donors (Lipinski definition) is 2. The van der Waals surface area contributed by atoms with Gasteiger partial charge < -0.3 is 15.4 Å². The molecule has 0 bridgehead atoms. The molecular weight excluding hydrogens is 288 g/mol. The van der Waals surface area contributed by atoms with Crippen LogP contribution in [0.15, 0.2) is 54.6 Å². The van der Waals surface area contributed by atoms with Crippen molar-refractivity contribution in [3.8, 4) is 5.75 Å². The molecule has 4 heteroatoms. The van der Waals surface area contributed by atoms with Crippen molar-refractivity contribution in [3.05, 3.63) is 65.7 Å². The van der Waals surface area contributed by atoms with Crippen LogP contribution < -0.4 is 15.4 Å². The summed E-state index contributed by atoms with van der Waals surface area (Å²) >= 11 is 0. The fraction of sp³-hybridized carbons (Fsp3) is 0.316. The maximum absolute atomic E-state index is 11.7. The highest BCUT2D eigenvalue weighted by molar-refractivity contribution is 5.73. The average Bonchev–Trinajstić information content (AvgIpc) is 2.55. The number of benzene rings is 2.